The molecular formula is C13H17F3N2. The molecule has 0 bridgehead atoms. The van der Waals surface area contributed by atoms with Gasteiger partial charge in [0.25, 0.3) is 0 Å². The monoisotopic (exact) mass is 258 g/mol. The first-order chi connectivity index (χ1) is 8.10. The fraction of sp³-hybridized carbons (Fsp3) is 0.462. The van der Waals surface area contributed by atoms with Gasteiger partial charge in [-0.25, -0.2) is 0 Å². The highest BCUT2D eigenvalue weighted by molar-refractivity contribution is 5.85. The molecule has 0 spiro atoms. The van der Waals surface area contributed by atoms with E-state index in [1.807, 2.05) is 20.8 Å². The predicted molar refractivity (Wildman–Crippen MR) is 66.2 cm³/mol. The summed E-state index contributed by atoms with van der Waals surface area (Å²) in [6.07, 6.45) is -4.30. The number of hydrogen-bond donors (Lipinski definition) is 1. The van der Waals surface area contributed by atoms with Crippen LogP contribution >= 0.6 is 0 Å². The van der Waals surface area contributed by atoms with Gasteiger partial charge < -0.3 is 5.73 Å². The molecule has 2 nitrogen and oxygen atoms in total. The average molecular weight is 258 g/mol. The van der Waals surface area contributed by atoms with Crippen molar-refractivity contribution in [2.75, 3.05) is 0 Å². The van der Waals surface area contributed by atoms with E-state index in [1.165, 1.54) is 12.1 Å². The van der Waals surface area contributed by atoms with Gasteiger partial charge in [0.15, 0.2) is 0 Å². The van der Waals surface area contributed by atoms with Crippen molar-refractivity contribution in [3.63, 3.8) is 0 Å². The number of rotatable bonds is 2. The van der Waals surface area contributed by atoms with Gasteiger partial charge in [-0.15, -0.1) is 0 Å². The van der Waals surface area contributed by atoms with Gasteiger partial charge in [-0.3, -0.25) is 4.99 Å². The zero-order valence-electron chi connectivity index (χ0n) is 10.7. The molecule has 5 heteroatoms. The molecule has 18 heavy (non-hydrogen) atoms. The van der Waals surface area contributed by atoms with Gasteiger partial charge >= 0.3 is 6.18 Å². The lowest BCUT2D eigenvalue weighted by molar-refractivity contribution is -0.137. The molecule has 0 saturated carbocycles. The summed E-state index contributed by atoms with van der Waals surface area (Å²) < 4.78 is 37.0. The summed E-state index contributed by atoms with van der Waals surface area (Å²) in [7, 11) is 0. The summed E-state index contributed by atoms with van der Waals surface area (Å²) in [4.78, 5) is 4.17. The molecule has 0 radical (unpaired) electrons. The highest BCUT2D eigenvalue weighted by Crippen LogP contribution is 2.29. The van der Waals surface area contributed by atoms with Gasteiger partial charge in [-0.1, -0.05) is 32.9 Å². The predicted octanol–water partition coefficient (Wildman–Crippen LogP) is 3.61. The number of nitrogens with two attached hydrogens (primary N) is 1. The second-order valence-electron chi connectivity index (χ2n) is 5.15. The van der Waals surface area contributed by atoms with Crippen LogP contribution in [0.1, 0.15) is 31.9 Å². The quantitative estimate of drug-likeness (QED) is 0.638. The van der Waals surface area contributed by atoms with Gasteiger partial charge in [-0.05, 0) is 17.7 Å². The Kier molecular flexibility index (Phi) is 4.04. The summed E-state index contributed by atoms with van der Waals surface area (Å²) >= 11 is 0. The van der Waals surface area contributed by atoms with Gasteiger partial charge in [0.1, 0.15) is 0 Å². The molecule has 1 aromatic rings. The molecule has 0 atom stereocenters. The lowest BCUT2D eigenvalue weighted by atomic mass is 9.95. The van der Waals surface area contributed by atoms with E-state index < -0.39 is 11.7 Å². The summed E-state index contributed by atoms with van der Waals surface area (Å²) in [5.74, 6) is 0.488. The lowest BCUT2D eigenvalue weighted by Gasteiger charge is -2.17. The third-order valence-electron chi connectivity index (χ3n) is 2.48. The number of alkyl halides is 3. The molecule has 2 N–H and O–H groups in total. The molecule has 0 unspecified atom stereocenters. The van der Waals surface area contributed by atoms with Crippen molar-refractivity contribution in [1.29, 1.82) is 0 Å². The Morgan fingerprint density at radius 3 is 2.00 bits per heavy atom. The number of halogens is 3. The van der Waals surface area contributed by atoms with Gasteiger partial charge in [0, 0.05) is 5.41 Å². The van der Waals surface area contributed by atoms with E-state index in [1.54, 1.807) is 0 Å². The Balaban J connectivity index is 2.77. The Morgan fingerprint density at radius 2 is 1.61 bits per heavy atom. The van der Waals surface area contributed by atoms with Gasteiger partial charge in [0.2, 0.25) is 0 Å². The molecule has 1 aromatic carbocycles. The number of nitrogens with zero attached hydrogens (tertiary/aromatic N) is 1. The van der Waals surface area contributed by atoms with Crippen LogP contribution in [0.3, 0.4) is 0 Å². The number of aliphatic imine (C=N–C) groups is 1. The summed E-state index contributed by atoms with van der Waals surface area (Å²) in [5, 5.41) is 0. The second kappa shape index (κ2) is 5.00. The van der Waals surface area contributed by atoms with Crippen LogP contribution in [-0.2, 0) is 12.7 Å². The zero-order valence-corrected chi connectivity index (χ0v) is 10.7. The van der Waals surface area contributed by atoms with Crippen LogP contribution < -0.4 is 5.73 Å². The van der Waals surface area contributed by atoms with E-state index in [4.69, 9.17) is 5.73 Å². The maximum Gasteiger partial charge on any atom is 0.416 e. The van der Waals surface area contributed by atoms with Crippen molar-refractivity contribution in [3.05, 3.63) is 35.4 Å². The van der Waals surface area contributed by atoms with Crippen LogP contribution in [0.4, 0.5) is 13.2 Å². The van der Waals surface area contributed by atoms with E-state index in [9.17, 15) is 13.2 Å². The smallest absolute Gasteiger partial charge is 0.387 e. The highest BCUT2D eigenvalue weighted by Gasteiger charge is 2.29. The molecule has 0 aliphatic heterocycles. The minimum Gasteiger partial charge on any atom is -0.387 e. The summed E-state index contributed by atoms with van der Waals surface area (Å²) in [6, 6.07) is 4.95. The van der Waals surface area contributed by atoms with Crippen LogP contribution in [0.25, 0.3) is 0 Å². The van der Waals surface area contributed by atoms with E-state index >= 15 is 0 Å². The van der Waals surface area contributed by atoms with Crippen molar-refractivity contribution in [2.24, 2.45) is 16.1 Å². The topological polar surface area (TPSA) is 38.4 Å². The second-order valence-corrected chi connectivity index (χ2v) is 5.15. The first kappa shape index (κ1) is 14.5. The Bertz CT molecular complexity index is 425. The zero-order chi connectivity index (χ0) is 14.0. The van der Waals surface area contributed by atoms with Crippen molar-refractivity contribution in [3.8, 4) is 0 Å². The SMILES string of the molecule is CC(C)(C)C(N)=NCc1ccc(C(F)(F)F)cc1. The molecule has 0 aromatic heterocycles. The number of benzene rings is 1. The summed E-state index contributed by atoms with van der Waals surface area (Å²) in [6.45, 7) is 6.08. The first-order valence-electron chi connectivity index (χ1n) is 5.57. The molecule has 0 fully saturated rings. The minimum atomic E-state index is -4.30. The summed E-state index contributed by atoms with van der Waals surface area (Å²) in [5.41, 5.74) is 5.59. The van der Waals surface area contributed by atoms with Crippen molar-refractivity contribution >= 4 is 5.84 Å². The maximum atomic E-state index is 12.3. The highest BCUT2D eigenvalue weighted by atomic mass is 19.4. The van der Waals surface area contributed by atoms with Gasteiger partial charge in [-0.2, -0.15) is 13.2 Å². The van der Waals surface area contributed by atoms with Crippen LogP contribution in [0.5, 0.6) is 0 Å². The molecule has 0 saturated heterocycles. The molecule has 0 aliphatic rings. The number of hydrogen-bond acceptors (Lipinski definition) is 1. The van der Waals surface area contributed by atoms with Crippen molar-refractivity contribution in [2.45, 2.75) is 33.5 Å². The van der Waals surface area contributed by atoms with Crippen LogP contribution in [0.2, 0.25) is 0 Å². The Hall–Kier alpha value is -1.52. The standard InChI is InChI=1S/C13H17F3N2/c1-12(2,3)11(17)18-8-9-4-6-10(7-5-9)13(14,15)16/h4-7H,8H2,1-3H3,(H2,17,18). The molecule has 0 amide bonds. The molecule has 100 valence electrons. The van der Waals surface area contributed by atoms with E-state index in [2.05, 4.69) is 4.99 Å². The van der Waals surface area contributed by atoms with Crippen molar-refractivity contribution < 1.29 is 13.2 Å². The third-order valence-corrected chi connectivity index (χ3v) is 2.48. The normalized spacial score (nSPS) is 13.8. The fourth-order valence-corrected chi connectivity index (χ4v) is 1.21. The maximum absolute atomic E-state index is 12.3. The third kappa shape index (κ3) is 4.05. The Morgan fingerprint density at radius 1 is 1.11 bits per heavy atom. The lowest BCUT2D eigenvalue weighted by Crippen LogP contribution is -2.28. The van der Waals surface area contributed by atoms with Crippen LogP contribution in [-0.4, -0.2) is 5.84 Å². The molecule has 0 aliphatic carbocycles. The van der Waals surface area contributed by atoms with Gasteiger partial charge in [0.05, 0.1) is 17.9 Å². The van der Waals surface area contributed by atoms with Crippen LogP contribution in [0, 0.1) is 5.41 Å². The van der Waals surface area contributed by atoms with Crippen molar-refractivity contribution in [1.82, 2.24) is 0 Å². The largest absolute Gasteiger partial charge is 0.416 e. The molecular weight excluding hydrogens is 241 g/mol. The molecule has 0 heterocycles. The molecule has 1 rings (SSSR count). The minimum absolute atomic E-state index is 0.230. The van der Waals surface area contributed by atoms with E-state index in [0.29, 0.717) is 17.9 Å². The average Bonchev–Trinajstić information content (AvgIpc) is 2.24. The fourth-order valence-electron chi connectivity index (χ4n) is 1.21. The van der Waals surface area contributed by atoms with Crippen LogP contribution in [0.15, 0.2) is 29.3 Å². The Labute approximate surface area is 105 Å². The first-order valence-corrected chi connectivity index (χ1v) is 5.57. The van der Waals surface area contributed by atoms with E-state index in [0.717, 1.165) is 12.1 Å². The number of amidine groups is 1. The van der Waals surface area contributed by atoms with E-state index in [-0.39, 0.29) is 5.41 Å².